The molecule has 20 heavy (non-hydrogen) atoms. The van der Waals surface area contributed by atoms with Crippen LogP contribution >= 0.6 is 15.9 Å². The number of hydrogen-bond acceptors (Lipinski definition) is 2. The Kier molecular flexibility index (Phi) is 4.75. The number of nitrogens with zero attached hydrogens (tertiary/aromatic N) is 1. The van der Waals surface area contributed by atoms with Crippen LogP contribution in [-0.2, 0) is 4.79 Å². The smallest absolute Gasteiger partial charge is 0.323 e. The fraction of sp³-hybridized carbons (Fsp3) is 0.429. The Balaban J connectivity index is 2.29. The van der Waals surface area contributed by atoms with Crippen LogP contribution in [0.1, 0.15) is 36.0 Å². The zero-order chi connectivity index (χ0) is 14.7. The number of carbonyl (C=O) groups excluding carboxylic acids is 1. The number of carboxylic acids is 1. The van der Waals surface area contributed by atoms with Crippen LogP contribution in [0.5, 0.6) is 0 Å². The molecule has 0 bridgehead atoms. The highest BCUT2D eigenvalue weighted by Crippen LogP contribution is 2.27. The Hall–Kier alpha value is -1.43. The highest BCUT2D eigenvalue weighted by atomic mass is 79.9. The van der Waals surface area contributed by atoms with Crippen LogP contribution in [-0.4, -0.2) is 34.5 Å². The number of rotatable bonds is 4. The molecule has 4 nitrogen and oxygen atoms in total. The first kappa shape index (κ1) is 15.0. The van der Waals surface area contributed by atoms with Crippen molar-refractivity contribution in [2.75, 3.05) is 6.54 Å². The van der Waals surface area contributed by atoms with Gasteiger partial charge in [0.2, 0.25) is 0 Å². The van der Waals surface area contributed by atoms with Crippen molar-refractivity contribution < 1.29 is 19.1 Å². The van der Waals surface area contributed by atoms with Gasteiger partial charge in [-0.2, -0.15) is 0 Å². The summed E-state index contributed by atoms with van der Waals surface area (Å²) < 4.78 is 13.8. The van der Waals surface area contributed by atoms with Crippen molar-refractivity contribution in [2.45, 2.75) is 31.7 Å². The summed E-state index contributed by atoms with van der Waals surface area (Å²) in [6.07, 6.45) is 3.56. The highest BCUT2D eigenvalue weighted by molar-refractivity contribution is 9.10. The molecule has 0 aliphatic heterocycles. The van der Waals surface area contributed by atoms with Crippen LogP contribution in [0.2, 0.25) is 0 Å². The number of benzene rings is 1. The average molecular weight is 344 g/mol. The third-order valence-electron chi connectivity index (χ3n) is 3.49. The first-order valence-electron chi connectivity index (χ1n) is 6.47. The highest BCUT2D eigenvalue weighted by Gasteiger charge is 2.30. The van der Waals surface area contributed by atoms with E-state index in [0.29, 0.717) is 4.47 Å². The van der Waals surface area contributed by atoms with Gasteiger partial charge in [-0.25, -0.2) is 4.39 Å². The number of carbonyl (C=O) groups is 2. The molecule has 1 N–H and O–H groups in total. The molecule has 1 fully saturated rings. The molecule has 1 amide bonds. The first-order valence-corrected chi connectivity index (χ1v) is 7.26. The molecule has 1 aromatic rings. The van der Waals surface area contributed by atoms with Crippen LogP contribution in [0, 0.1) is 5.82 Å². The minimum Gasteiger partial charge on any atom is -0.480 e. The van der Waals surface area contributed by atoms with Gasteiger partial charge >= 0.3 is 5.97 Å². The summed E-state index contributed by atoms with van der Waals surface area (Å²) in [5, 5.41) is 8.98. The Labute approximate surface area is 124 Å². The normalized spacial score (nSPS) is 15.3. The van der Waals surface area contributed by atoms with Crippen molar-refractivity contribution in [3.63, 3.8) is 0 Å². The Bertz CT molecular complexity index is 529. The van der Waals surface area contributed by atoms with Gasteiger partial charge in [0.05, 0.1) is 5.56 Å². The van der Waals surface area contributed by atoms with Crippen molar-refractivity contribution in [2.24, 2.45) is 0 Å². The van der Waals surface area contributed by atoms with Gasteiger partial charge in [0.25, 0.3) is 5.91 Å². The quantitative estimate of drug-likeness (QED) is 0.913. The van der Waals surface area contributed by atoms with E-state index in [1.807, 2.05) is 0 Å². The molecule has 0 unspecified atom stereocenters. The lowest BCUT2D eigenvalue weighted by atomic mass is 10.1. The monoisotopic (exact) mass is 343 g/mol. The van der Waals surface area contributed by atoms with Crippen molar-refractivity contribution in [3.8, 4) is 0 Å². The largest absolute Gasteiger partial charge is 0.480 e. The van der Waals surface area contributed by atoms with Gasteiger partial charge in [-0.1, -0.05) is 12.8 Å². The molecule has 0 spiro atoms. The van der Waals surface area contributed by atoms with Gasteiger partial charge in [0.1, 0.15) is 12.4 Å². The van der Waals surface area contributed by atoms with E-state index in [2.05, 4.69) is 15.9 Å². The molecule has 1 aliphatic rings. The van der Waals surface area contributed by atoms with Crippen LogP contribution in [0.15, 0.2) is 22.7 Å². The SMILES string of the molecule is O=C(O)CN(C(=O)c1cc(F)ccc1Br)C1CCCC1. The Morgan fingerprint density at radius 2 is 2.00 bits per heavy atom. The second-order valence-corrected chi connectivity index (χ2v) is 5.74. The molecule has 1 aromatic carbocycles. The zero-order valence-corrected chi connectivity index (χ0v) is 12.4. The maximum absolute atomic E-state index is 13.3. The molecule has 0 saturated heterocycles. The van der Waals surface area contributed by atoms with E-state index in [1.54, 1.807) is 0 Å². The molecule has 0 heterocycles. The molecule has 108 valence electrons. The third kappa shape index (κ3) is 3.36. The molecule has 0 radical (unpaired) electrons. The minimum absolute atomic E-state index is 0.0752. The number of hydrogen-bond donors (Lipinski definition) is 1. The van der Waals surface area contributed by atoms with Crippen molar-refractivity contribution in [1.29, 1.82) is 0 Å². The fourth-order valence-electron chi connectivity index (χ4n) is 2.54. The first-order chi connectivity index (χ1) is 9.49. The summed E-state index contributed by atoms with van der Waals surface area (Å²) in [6, 6.07) is 3.76. The van der Waals surface area contributed by atoms with E-state index in [4.69, 9.17) is 5.11 Å². The Morgan fingerprint density at radius 3 is 2.60 bits per heavy atom. The molecule has 1 aliphatic carbocycles. The van der Waals surface area contributed by atoms with E-state index in [1.165, 1.54) is 17.0 Å². The van der Waals surface area contributed by atoms with E-state index >= 15 is 0 Å². The predicted octanol–water partition coefficient (Wildman–Crippen LogP) is 3.06. The topological polar surface area (TPSA) is 57.6 Å². The van der Waals surface area contributed by atoms with Crippen LogP contribution < -0.4 is 0 Å². The standard InChI is InChI=1S/C14H15BrFNO3/c15-12-6-5-9(16)7-11(12)14(20)17(8-13(18)19)10-3-1-2-4-10/h5-7,10H,1-4,8H2,(H,18,19). The van der Waals surface area contributed by atoms with Gasteiger partial charge < -0.3 is 10.0 Å². The van der Waals surface area contributed by atoms with Crippen LogP contribution in [0.4, 0.5) is 4.39 Å². The van der Waals surface area contributed by atoms with E-state index in [-0.39, 0.29) is 18.2 Å². The summed E-state index contributed by atoms with van der Waals surface area (Å²) in [5.74, 6) is -2.01. The molecule has 2 rings (SSSR count). The van der Waals surface area contributed by atoms with Crippen molar-refractivity contribution >= 4 is 27.8 Å². The van der Waals surface area contributed by atoms with Gasteiger partial charge in [-0.05, 0) is 47.0 Å². The number of amides is 1. The average Bonchev–Trinajstić information content (AvgIpc) is 2.91. The van der Waals surface area contributed by atoms with E-state index in [9.17, 15) is 14.0 Å². The second-order valence-electron chi connectivity index (χ2n) is 4.89. The summed E-state index contributed by atoms with van der Waals surface area (Å²) >= 11 is 3.21. The Morgan fingerprint density at radius 1 is 1.35 bits per heavy atom. The summed E-state index contributed by atoms with van der Waals surface area (Å²) in [6.45, 7) is -0.355. The lowest BCUT2D eigenvalue weighted by Crippen LogP contribution is -2.42. The van der Waals surface area contributed by atoms with E-state index < -0.39 is 17.7 Å². The number of aliphatic carboxylic acids is 1. The van der Waals surface area contributed by atoms with Crippen LogP contribution in [0.3, 0.4) is 0 Å². The maximum Gasteiger partial charge on any atom is 0.323 e. The molecular weight excluding hydrogens is 329 g/mol. The van der Waals surface area contributed by atoms with Gasteiger partial charge in [0.15, 0.2) is 0 Å². The third-order valence-corrected chi connectivity index (χ3v) is 4.18. The van der Waals surface area contributed by atoms with Gasteiger partial charge in [0, 0.05) is 10.5 Å². The maximum atomic E-state index is 13.3. The lowest BCUT2D eigenvalue weighted by Gasteiger charge is -2.27. The summed E-state index contributed by atoms with van der Waals surface area (Å²) in [5.41, 5.74) is 0.165. The second kappa shape index (κ2) is 6.35. The number of carboxylic acid groups (broad SMARTS) is 1. The van der Waals surface area contributed by atoms with Gasteiger partial charge in [-0.15, -0.1) is 0 Å². The minimum atomic E-state index is -1.06. The van der Waals surface area contributed by atoms with Gasteiger partial charge in [-0.3, -0.25) is 9.59 Å². The molecular formula is C14H15BrFNO3. The summed E-state index contributed by atoms with van der Waals surface area (Å²) in [4.78, 5) is 24.8. The molecule has 0 atom stereocenters. The van der Waals surface area contributed by atoms with Crippen molar-refractivity contribution in [3.05, 3.63) is 34.1 Å². The van der Waals surface area contributed by atoms with E-state index in [0.717, 1.165) is 31.7 Å². The van der Waals surface area contributed by atoms with Crippen molar-refractivity contribution in [1.82, 2.24) is 4.90 Å². The number of halogens is 2. The zero-order valence-electron chi connectivity index (χ0n) is 10.8. The summed E-state index contributed by atoms with van der Waals surface area (Å²) in [7, 11) is 0. The lowest BCUT2D eigenvalue weighted by molar-refractivity contribution is -0.138. The molecule has 0 aromatic heterocycles. The molecule has 6 heteroatoms. The fourth-order valence-corrected chi connectivity index (χ4v) is 2.96. The molecule has 1 saturated carbocycles. The van der Waals surface area contributed by atoms with Crippen LogP contribution in [0.25, 0.3) is 0 Å². The predicted molar refractivity (Wildman–Crippen MR) is 75.0 cm³/mol.